The summed E-state index contributed by atoms with van der Waals surface area (Å²) in [5.41, 5.74) is 2.25. The van der Waals surface area contributed by atoms with Crippen molar-refractivity contribution in [1.82, 2.24) is 0 Å². The molecule has 2 aromatic rings. The number of hydrogen-bond donors (Lipinski definition) is 1. The third kappa shape index (κ3) is 6.34. The summed E-state index contributed by atoms with van der Waals surface area (Å²) < 4.78 is 11.2. The van der Waals surface area contributed by atoms with E-state index in [-0.39, 0.29) is 5.91 Å². The lowest BCUT2D eigenvalue weighted by atomic mass is 10.2. The summed E-state index contributed by atoms with van der Waals surface area (Å²) in [5, 5.41) is 2.87. The van der Waals surface area contributed by atoms with Gasteiger partial charge in [0.2, 0.25) is 0 Å². The molecule has 0 spiro atoms. The van der Waals surface area contributed by atoms with Crippen molar-refractivity contribution in [2.24, 2.45) is 5.92 Å². The highest BCUT2D eigenvalue weighted by Gasteiger charge is 2.07. The molecule has 0 unspecified atom stereocenters. The average molecular weight is 339 g/mol. The second kappa shape index (κ2) is 8.92. The van der Waals surface area contributed by atoms with Gasteiger partial charge in [-0.2, -0.15) is 0 Å². The molecule has 4 heteroatoms. The van der Waals surface area contributed by atoms with Crippen LogP contribution in [0.1, 0.15) is 31.1 Å². The lowest BCUT2D eigenvalue weighted by Gasteiger charge is -2.10. The Hall–Kier alpha value is -2.75. The van der Waals surface area contributed by atoms with Gasteiger partial charge in [0.25, 0.3) is 5.91 Å². The quantitative estimate of drug-likeness (QED) is 0.694. The van der Waals surface area contributed by atoms with Gasteiger partial charge in [0, 0.05) is 11.3 Å². The van der Waals surface area contributed by atoms with Crippen LogP contribution in [0.25, 0.3) is 0 Å². The zero-order chi connectivity index (χ0) is 18.2. The van der Waals surface area contributed by atoms with Gasteiger partial charge in [-0.25, -0.2) is 0 Å². The lowest BCUT2D eigenvalue weighted by molar-refractivity contribution is 0.102. The minimum atomic E-state index is -0.165. The van der Waals surface area contributed by atoms with Crippen LogP contribution in [0.4, 0.5) is 5.69 Å². The fourth-order valence-electron chi connectivity index (χ4n) is 2.01. The van der Waals surface area contributed by atoms with Crippen LogP contribution in [0.3, 0.4) is 0 Å². The summed E-state index contributed by atoms with van der Waals surface area (Å²) in [7, 11) is 0. The molecule has 0 aliphatic rings. The molecule has 0 fully saturated rings. The van der Waals surface area contributed by atoms with Gasteiger partial charge in [-0.15, -0.1) is 0 Å². The molecule has 0 atom stereocenters. The van der Waals surface area contributed by atoms with E-state index >= 15 is 0 Å². The van der Waals surface area contributed by atoms with Crippen LogP contribution in [-0.4, -0.2) is 19.1 Å². The third-order valence-corrected chi connectivity index (χ3v) is 3.30. The first-order valence-corrected chi connectivity index (χ1v) is 8.35. The number of anilines is 1. The molecule has 0 saturated carbocycles. The topological polar surface area (TPSA) is 47.6 Å². The maximum atomic E-state index is 12.3. The average Bonchev–Trinajstić information content (AvgIpc) is 2.59. The molecule has 4 nitrogen and oxygen atoms in total. The van der Waals surface area contributed by atoms with Gasteiger partial charge in [-0.3, -0.25) is 4.79 Å². The molecule has 2 rings (SSSR count). The molecule has 2 aromatic carbocycles. The van der Waals surface area contributed by atoms with E-state index in [1.807, 2.05) is 31.2 Å². The first kappa shape index (κ1) is 18.6. The molecule has 0 saturated heterocycles. The number of hydrogen-bond acceptors (Lipinski definition) is 3. The molecule has 0 bridgehead atoms. The van der Waals surface area contributed by atoms with Crippen LogP contribution < -0.4 is 14.8 Å². The van der Waals surface area contributed by atoms with Gasteiger partial charge in [0.15, 0.2) is 0 Å². The normalized spacial score (nSPS) is 10.4. The largest absolute Gasteiger partial charge is 0.493 e. The van der Waals surface area contributed by atoms with Crippen LogP contribution in [0.15, 0.2) is 60.7 Å². The van der Waals surface area contributed by atoms with E-state index in [0.717, 1.165) is 17.0 Å². The van der Waals surface area contributed by atoms with E-state index in [0.29, 0.717) is 30.4 Å². The molecule has 132 valence electrons. The van der Waals surface area contributed by atoms with E-state index in [9.17, 15) is 4.79 Å². The van der Waals surface area contributed by atoms with E-state index in [4.69, 9.17) is 9.47 Å². The number of benzene rings is 2. The Morgan fingerprint density at radius 2 is 1.56 bits per heavy atom. The Morgan fingerprint density at radius 1 is 1.00 bits per heavy atom. The van der Waals surface area contributed by atoms with Crippen molar-refractivity contribution in [3.63, 3.8) is 0 Å². The second-order valence-corrected chi connectivity index (χ2v) is 6.45. The van der Waals surface area contributed by atoms with Gasteiger partial charge in [0.05, 0.1) is 6.61 Å². The Kier molecular flexibility index (Phi) is 6.63. The first-order chi connectivity index (χ1) is 11.9. The zero-order valence-electron chi connectivity index (χ0n) is 15.0. The summed E-state index contributed by atoms with van der Waals surface area (Å²) in [6.45, 7) is 11.0. The fourth-order valence-corrected chi connectivity index (χ4v) is 2.01. The predicted molar refractivity (Wildman–Crippen MR) is 101 cm³/mol. The summed E-state index contributed by atoms with van der Waals surface area (Å²) >= 11 is 0. The molecule has 1 N–H and O–H groups in total. The van der Waals surface area contributed by atoms with E-state index in [1.54, 1.807) is 24.3 Å². The predicted octanol–water partition coefficient (Wildman–Crippen LogP) is 4.93. The smallest absolute Gasteiger partial charge is 0.255 e. The standard InChI is InChI=1S/C21H25NO3/c1-15(2)13-24-19-9-5-17(6-10-19)21(23)22-18-7-11-20(12-8-18)25-14-16(3)4/h5-12,16H,1,13-14H2,2-4H3,(H,22,23). The number of amides is 1. The fraction of sp³-hybridized carbons (Fsp3) is 0.286. The van der Waals surface area contributed by atoms with E-state index in [2.05, 4.69) is 25.7 Å². The highest BCUT2D eigenvalue weighted by Crippen LogP contribution is 2.18. The van der Waals surface area contributed by atoms with Crippen LogP contribution in [0.2, 0.25) is 0 Å². The third-order valence-electron chi connectivity index (χ3n) is 3.30. The van der Waals surface area contributed by atoms with Crippen LogP contribution in [-0.2, 0) is 0 Å². The molecule has 0 aromatic heterocycles. The summed E-state index contributed by atoms with van der Waals surface area (Å²) in [6, 6.07) is 14.4. The molecule has 25 heavy (non-hydrogen) atoms. The zero-order valence-corrected chi connectivity index (χ0v) is 15.0. The van der Waals surface area contributed by atoms with Gasteiger partial charge < -0.3 is 14.8 Å². The number of carbonyl (C=O) groups is 1. The van der Waals surface area contributed by atoms with Crippen molar-refractivity contribution < 1.29 is 14.3 Å². The molecular weight excluding hydrogens is 314 g/mol. The summed E-state index contributed by atoms with van der Waals surface area (Å²) in [5.74, 6) is 1.82. The molecule has 0 radical (unpaired) electrons. The maximum absolute atomic E-state index is 12.3. The van der Waals surface area contributed by atoms with Crippen molar-refractivity contribution in [2.75, 3.05) is 18.5 Å². The van der Waals surface area contributed by atoms with Crippen LogP contribution >= 0.6 is 0 Å². The Balaban J connectivity index is 1.91. The van der Waals surface area contributed by atoms with E-state index in [1.165, 1.54) is 0 Å². The first-order valence-electron chi connectivity index (χ1n) is 8.35. The van der Waals surface area contributed by atoms with Crippen molar-refractivity contribution >= 4 is 11.6 Å². The Morgan fingerprint density at radius 3 is 2.12 bits per heavy atom. The molecular formula is C21H25NO3. The van der Waals surface area contributed by atoms with Gasteiger partial charge in [0.1, 0.15) is 18.1 Å². The molecule has 0 aliphatic heterocycles. The molecule has 1 amide bonds. The highest BCUT2D eigenvalue weighted by molar-refractivity contribution is 6.04. The number of carbonyl (C=O) groups excluding carboxylic acids is 1. The van der Waals surface area contributed by atoms with Crippen molar-refractivity contribution in [3.8, 4) is 11.5 Å². The highest BCUT2D eigenvalue weighted by atomic mass is 16.5. The number of ether oxygens (including phenoxy) is 2. The number of nitrogens with one attached hydrogen (secondary N) is 1. The lowest BCUT2D eigenvalue weighted by Crippen LogP contribution is -2.12. The van der Waals surface area contributed by atoms with Crippen LogP contribution in [0, 0.1) is 5.92 Å². The Labute approximate surface area is 149 Å². The van der Waals surface area contributed by atoms with Gasteiger partial charge in [-0.1, -0.05) is 20.4 Å². The van der Waals surface area contributed by atoms with Crippen molar-refractivity contribution in [3.05, 3.63) is 66.2 Å². The van der Waals surface area contributed by atoms with Crippen molar-refractivity contribution in [1.29, 1.82) is 0 Å². The van der Waals surface area contributed by atoms with Crippen LogP contribution in [0.5, 0.6) is 11.5 Å². The molecule has 0 heterocycles. The SMILES string of the molecule is C=C(C)COc1ccc(C(=O)Nc2ccc(OCC(C)C)cc2)cc1. The van der Waals surface area contributed by atoms with Gasteiger partial charge >= 0.3 is 0 Å². The minimum absolute atomic E-state index is 0.165. The Bertz CT molecular complexity index is 703. The van der Waals surface area contributed by atoms with E-state index < -0.39 is 0 Å². The van der Waals surface area contributed by atoms with Crippen molar-refractivity contribution in [2.45, 2.75) is 20.8 Å². The monoisotopic (exact) mass is 339 g/mol. The second-order valence-electron chi connectivity index (χ2n) is 6.45. The summed E-state index contributed by atoms with van der Waals surface area (Å²) in [6.07, 6.45) is 0. The maximum Gasteiger partial charge on any atom is 0.255 e. The number of rotatable bonds is 8. The minimum Gasteiger partial charge on any atom is -0.493 e. The molecule has 0 aliphatic carbocycles. The summed E-state index contributed by atoms with van der Waals surface area (Å²) in [4.78, 5) is 12.3. The van der Waals surface area contributed by atoms with Gasteiger partial charge in [-0.05, 0) is 66.9 Å².